The van der Waals surface area contributed by atoms with Gasteiger partial charge in [0.2, 0.25) is 0 Å². The summed E-state index contributed by atoms with van der Waals surface area (Å²) in [5, 5.41) is 13.0. The van der Waals surface area contributed by atoms with Crippen LogP contribution in [0.4, 0.5) is 0 Å². The van der Waals surface area contributed by atoms with E-state index in [0.717, 1.165) is 18.8 Å². The maximum Gasteiger partial charge on any atom is 0.0794 e. The Morgan fingerprint density at radius 2 is 2.30 bits per heavy atom. The van der Waals surface area contributed by atoms with Crippen molar-refractivity contribution in [2.75, 3.05) is 20.6 Å². The van der Waals surface area contributed by atoms with E-state index in [9.17, 15) is 0 Å². The van der Waals surface area contributed by atoms with E-state index in [1.807, 2.05) is 6.20 Å². The lowest BCUT2D eigenvalue weighted by molar-refractivity contribution is 0.0598. The molecule has 0 spiro atoms. The van der Waals surface area contributed by atoms with Gasteiger partial charge in [-0.25, -0.2) is 0 Å². The van der Waals surface area contributed by atoms with Crippen LogP contribution in [0.5, 0.6) is 0 Å². The molecule has 2 aromatic heterocycles. The molecule has 1 aliphatic rings. The molecule has 1 fully saturated rings. The van der Waals surface area contributed by atoms with Crippen LogP contribution in [-0.4, -0.2) is 41.3 Å². The van der Waals surface area contributed by atoms with Crippen molar-refractivity contribution >= 4 is 11.3 Å². The van der Waals surface area contributed by atoms with Crippen LogP contribution < -0.4 is 5.32 Å². The molecule has 0 amide bonds. The lowest BCUT2D eigenvalue weighted by atomic mass is 9.75. The standard InChI is InChI=1S/C15H22N4S/c1-19(2)15(6-4-7-15)11-16-9-12-10-17-18-14(12)13-5-3-8-20-13/h3,5,8,10,16H,4,6-7,9,11H2,1-2H3,(H,17,18). The molecular weight excluding hydrogens is 268 g/mol. The number of thiophene rings is 1. The van der Waals surface area contributed by atoms with Crippen LogP contribution in [0.3, 0.4) is 0 Å². The van der Waals surface area contributed by atoms with Crippen LogP contribution in [0.1, 0.15) is 24.8 Å². The fourth-order valence-electron chi connectivity index (χ4n) is 2.88. The molecule has 0 aliphatic heterocycles. The Labute approximate surface area is 124 Å². The minimum absolute atomic E-state index is 0.368. The molecular formula is C15H22N4S. The number of nitrogens with one attached hydrogen (secondary N) is 2. The van der Waals surface area contributed by atoms with E-state index in [4.69, 9.17) is 0 Å². The molecule has 0 unspecified atom stereocenters. The average Bonchev–Trinajstić information content (AvgIpc) is 3.01. The Morgan fingerprint density at radius 1 is 1.45 bits per heavy atom. The zero-order valence-corrected chi connectivity index (χ0v) is 13.0. The van der Waals surface area contributed by atoms with Gasteiger partial charge in [0.05, 0.1) is 16.8 Å². The van der Waals surface area contributed by atoms with Gasteiger partial charge in [-0.15, -0.1) is 11.3 Å². The van der Waals surface area contributed by atoms with Crippen molar-refractivity contribution in [1.82, 2.24) is 20.4 Å². The topological polar surface area (TPSA) is 44.0 Å². The molecule has 0 radical (unpaired) electrons. The van der Waals surface area contributed by atoms with Crippen LogP contribution in [-0.2, 0) is 6.54 Å². The SMILES string of the molecule is CN(C)C1(CNCc2cn[nH]c2-c2cccs2)CCC1. The summed E-state index contributed by atoms with van der Waals surface area (Å²) in [6, 6.07) is 4.21. The van der Waals surface area contributed by atoms with Gasteiger partial charge in [-0.2, -0.15) is 5.10 Å². The number of rotatable bonds is 6. The highest BCUT2D eigenvalue weighted by Crippen LogP contribution is 2.35. The lowest BCUT2D eigenvalue weighted by Crippen LogP contribution is -2.56. The molecule has 20 heavy (non-hydrogen) atoms. The van der Waals surface area contributed by atoms with E-state index in [2.05, 4.69) is 52.0 Å². The molecule has 3 rings (SSSR count). The summed E-state index contributed by atoms with van der Waals surface area (Å²) in [6.07, 6.45) is 5.89. The highest BCUT2D eigenvalue weighted by Gasteiger charge is 2.38. The van der Waals surface area contributed by atoms with Crippen molar-refractivity contribution in [1.29, 1.82) is 0 Å². The van der Waals surface area contributed by atoms with E-state index in [1.165, 1.54) is 29.7 Å². The predicted octanol–water partition coefficient (Wildman–Crippen LogP) is 2.71. The van der Waals surface area contributed by atoms with Crippen LogP contribution in [0.15, 0.2) is 23.7 Å². The quantitative estimate of drug-likeness (QED) is 0.860. The molecule has 2 heterocycles. The third kappa shape index (κ3) is 2.53. The molecule has 5 heteroatoms. The number of hydrogen-bond donors (Lipinski definition) is 2. The molecule has 0 aromatic carbocycles. The minimum Gasteiger partial charge on any atom is -0.311 e. The van der Waals surface area contributed by atoms with Crippen molar-refractivity contribution in [3.8, 4) is 10.6 Å². The van der Waals surface area contributed by atoms with Crippen LogP contribution in [0, 0.1) is 0 Å². The Hall–Kier alpha value is -1.17. The van der Waals surface area contributed by atoms with Crippen LogP contribution >= 0.6 is 11.3 Å². The second-order valence-corrected chi connectivity index (χ2v) is 6.77. The van der Waals surface area contributed by atoms with Crippen LogP contribution in [0.25, 0.3) is 10.6 Å². The second-order valence-electron chi connectivity index (χ2n) is 5.82. The highest BCUT2D eigenvalue weighted by molar-refractivity contribution is 7.13. The summed E-state index contributed by atoms with van der Waals surface area (Å²) in [7, 11) is 4.38. The third-order valence-electron chi connectivity index (χ3n) is 4.49. The number of hydrogen-bond acceptors (Lipinski definition) is 4. The normalized spacial score (nSPS) is 17.4. The van der Waals surface area contributed by atoms with Gasteiger partial charge in [0.15, 0.2) is 0 Å². The van der Waals surface area contributed by atoms with E-state index < -0.39 is 0 Å². The van der Waals surface area contributed by atoms with Crippen LogP contribution in [0.2, 0.25) is 0 Å². The summed E-state index contributed by atoms with van der Waals surface area (Å²) >= 11 is 1.75. The maximum atomic E-state index is 4.19. The molecule has 0 atom stereocenters. The largest absolute Gasteiger partial charge is 0.311 e. The number of aromatic nitrogens is 2. The first kappa shape index (κ1) is 13.8. The fourth-order valence-corrected chi connectivity index (χ4v) is 3.63. The molecule has 1 aliphatic carbocycles. The van der Waals surface area contributed by atoms with E-state index in [0.29, 0.717) is 5.54 Å². The summed E-state index contributed by atoms with van der Waals surface area (Å²) in [4.78, 5) is 3.63. The number of H-pyrrole nitrogens is 1. The first-order chi connectivity index (χ1) is 9.71. The molecule has 0 bridgehead atoms. The van der Waals surface area contributed by atoms with Gasteiger partial charge in [-0.05, 0) is 44.8 Å². The van der Waals surface area contributed by atoms with Gasteiger partial charge in [-0.1, -0.05) is 6.07 Å². The number of aromatic amines is 1. The highest BCUT2D eigenvalue weighted by atomic mass is 32.1. The Balaban J connectivity index is 1.61. The first-order valence-electron chi connectivity index (χ1n) is 7.16. The van der Waals surface area contributed by atoms with Gasteiger partial charge in [-0.3, -0.25) is 5.10 Å². The molecule has 2 aromatic rings. The van der Waals surface area contributed by atoms with E-state index in [1.54, 1.807) is 11.3 Å². The minimum atomic E-state index is 0.368. The van der Waals surface area contributed by atoms with Crippen molar-refractivity contribution < 1.29 is 0 Å². The summed E-state index contributed by atoms with van der Waals surface area (Å²) in [6.45, 7) is 1.92. The van der Waals surface area contributed by atoms with Gasteiger partial charge < -0.3 is 10.2 Å². The predicted molar refractivity (Wildman–Crippen MR) is 83.9 cm³/mol. The van der Waals surface area contributed by atoms with Crippen molar-refractivity contribution in [3.63, 3.8) is 0 Å². The second kappa shape index (κ2) is 5.68. The van der Waals surface area contributed by atoms with Crippen molar-refractivity contribution in [3.05, 3.63) is 29.3 Å². The summed E-state index contributed by atoms with van der Waals surface area (Å²) in [5.41, 5.74) is 2.77. The molecule has 1 saturated carbocycles. The molecule has 0 saturated heterocycles. The summed E-state index contributed by atoms with van der Waals surface area (Å²) in [5.74, 6) is 0. The lowest BCUT2D eigenvalue weighted by Gasteiger charge is -2.47. The van der Waals surface area contributed by atoms with Gasteiger partial charge >= 0.3 is 0 Å². The maximum absolute atomic E-state index is 4.19. The fraction of sp³-hybridized carbons (Fsp3) is 0.533. The monoisotopic (exact) mass is 290 g/mol. The third-order valence-corrected chi connectivity index (χ3v) is 5.38. The van der Waals surface area contributed by atoms with E-state index >= 15 is 0 Å². The van der Waals surface area contributed by atoms with Crippen molar-refractivity contribution in [2.45, 2.75) is 31.3 Å². The van der Waals surface area contributed by atoms with E-state index in [-0.39, 0.29) is 0 Å². The Bertz CT molecular complexity index is 540. The smallest absolute Gasteiger partial charge is 0.0794 e. The number of nitrogens with zero attached hydrogens (tertiary/aromatic N) is 2. The van der Waals surface area contributed by atoms with Gasteiger partial charge in [0.25, 0.3) is 0 Å². The molecule has 108 valence electrons. The van der Waals surface area contributed by atoms with Crippen molar-refractivity contribution in [2.24, 2.45) is 0 Å². The molecule has 2 N–H and O–H groups in total. The Morgan fingerprint density at radius 3 is 2.90 bits per heavy atom. The number of likely N-dealkylation sites (N-methyl/N-ethyl adjacent to an activating group) is 1. The first-order valence-corrected chi connectivity index (χ1v) is 8.03. The van der Waals surface area contributed by atoms with Gasteiger partial charge in [0.1, 0.15) is 0 Å². The zero-order chi connectivity index (χ0) is 14.0. The average molecular weight is 290 g/mol. The van der Waals surface area contributed by atoms with Gasteiger partial charge in [0, 0.05) is 24.2 Å². The summed E-state index contributed by atoms with van der Waals surface area (Å²) < 4.78 is 0. The molecule has 4 nitrogen and oxygen atoms in total. The Kier molecular flexibility index (Phi) is 3.92. The zero-order valence-electron chi connectivity index (χ0n) is 12.1.